The van der Waals surface area contributed by atoms with E-state index in [1.54, 1.807) is 11.8 Å². The van der Waals surface area contributed by atoms with Crippen LogP contribution in [0.1, 0.15) is 16.5 Å². The zero-order chi connectivity index (χ0) is 13.4. The molecular weight excluding hydrogens is 256 g/mol. The Morgan fingerprint density at radius 3 is 2.58 bits per heavy atom. The van der Waals surface area contributed by atoms with Crippen LogP contribution in [-0.2, 0) is 4.79 Å². The monoisotopic (exact) mass is 272 g/mol. The van der Waals surface area contributed by atoms with E-state index in [4.69, 9.17) is 0 Å². The van der Waals surface area contributed by atoms with Gasteiger partial charge in [0.15, 0.2) is 0 Å². The van der Waals surface area contributed by atoms with E-state index in [1.165, 1.54) is 11.1 Å². The second kappa shape index (κ2) is 4.78. The molecule has 2 aromatic rings. The Hall–Kier alpha value is -1.68. The second-order valence-corrected chi connectivity index (χ2v) is 5.92. The maximum Gasteiger partial charge on any atom is 0.233 e. The number of nitrogens with zero attached hydrogens (tertiary/aromatic N) is 2. The summed E-state index contributed by atoms with van der Waals surface area (Å²) in [5.41, 5.74) is 3.58. The lowest BCUT2D eigenvalue weighted by molar-refractivity contribution is -0.126. The van der Waals surface area contributed by atoms with Crippen molar-refractivity contribution in [1.29, 1.82) is 0 Å². The topological polar surface area (TPSA) is 25.2 Å². The Morgan fingerprint density at radius 2 is 1.95 bits per heavy atom. The number of aryl methyl sites for hydroxylation is 1. The summed E-state index contributed by atoms with van der Waals surface area (Å²) >= 11 is 1.69. The number of hydrogen-bond acceptors (Lipinski definition) is 2. The smallest absolute Gasteiger partial charge is 0.233 e. The van der Waals surface area contributed by atoms with Gasteiger partial charge in [0.1, 0.15) is 5.37 Å². The SMILES string of the molecule is Cc1ccc(-n2ccc([C@@H]3SCC(=O)N3C)c2)cc1. The van der Waals surface area contributed by atoms with Gasteiger partial charge in [0.05, 0.1) is 5.75 Å². The first-order valence-electron chi connectivity index (χ1n) is 6.27. The lowest BCUT2D eigenvalue weighted by Gasteiger charge is -2.17. The molecule has 0 unspecified atom stereocenters. The molecular formula is C15H16N2OS. The van der Waals surface area contributed by atoms with E-state index >= 15 is 0 Å². The van der Waals surface area contributed by atoms with E-state index in [-0.39, 0.29) is 11.3 Å². The fraction of sp³-hybridized carbons (Fsp3) is 0.267. The quantitative estimate of drug-likeness (QED) is 0.839. The summed E-state index contributed by atoms with van der Waals surface area (Å²) in [4.78, 5) is 13.4. The molecule has 0 bridgehead atoms. The van der Waals surface area contributed by atoms with Gasteiger partial charge >= 0.3 is 0 Å². The molecule has 0 aliphatic carbocycles. The van der Waals surface area contributed by atoms with Gasteiger partial charge in [-0.05, 0) is 25.1 Å². The summed E-state index contributed by atoms with van der Waals surface area (Å²) in [6.07, 6.45) is 4.16. The standard InChI is InChI=1S/C15H16N2OS/c1-11-3-5-13(6-4-11)17-8-7-12(9-17)15-16(2)14(18)10-19-15/h3-9,15H,10H2,1-2H3/t15-/m0/s1. The summed E-state index contributed by atoms with van der Waals surface area (Å²) in [6.45, 7) is 2.08. The highest BCUT2D eigenvalue weighted by Gasteiger charge is 2.30. The molecule has 1 fully saturated rings. The number of carbonyl (C=O) groups is 1. The van der Waals surface area contributed by atoms with E-state index < -0.39 is 0 Å². The number of thioether (sulfide) groups is 1. The molecule has 2 heterocycles. The normalized spacial score (nSPS) is 19.2. The van der Waals surface area contributed by atoms with Crippen LogP contribution >= 0.6 is 11.8 Å². The molecule has 1 saturated heterocycles. The summed E-state index contributed by atoms with van der Waals surface area (Å²) in [6, 6.07) is 10.5. The highest BCUT2D eigenvalue weighted by molar-refractivity contribution is 8.00. The molecule has 3 rings (SSSR count). The third kappa shape index (κ3) is 2.28. The number of amides is 1. The largest absolute Gasteiger partial charge is 0.329 e. The van der Waals surface area contributed by atoms with Crippen LogP contribution in [0.4, 0.5) is 0 Å². The average Bonchev–Trinajstić information content (AvgIpc) is 2.99. The first kappa shape index (κ1) is 12.4. The molecule has 1 aliphatic heterocycles. The molecule has 1 amide bonds. The first-order chi connectivity index (χ1) is 9.15. The highest BCUT2D eigenvalue weighted by atomic mass is 32.2. The molecule has 1 aliphatic rings. The van der Waals surface area contributed by atoms with E-state index in [2.05, 4.69) is 54.2 Å². The Kier molecular flexibility index (Phi) is 3.11. The fourth-order valence-electron chi connectivity index (χ4n) is 2.25. The highest BCUT2D eigenvalue weighted by Crippen LogP contribution is 2.37. The molecule has 1 aromatic carbocycles. The van der Waals surface area contributed by atoms with Crippen molar-refractivity contribution in [2.24, 2.45) is 0 Å². The molecule has 19 heavy (non-hydrogen) atoms. The van der Waals surface area contributed by atoms with Gasteiger partial charge in [-0.15, -0.1) is 11.8 Å². The van der Waals surface area contributed by atoms with Gasteiger partial charge in [0, 0.05) is 30.7 Å². The van der Waals surface area contributed by atoms with Crippen molar-refractivity contribution in [2.45, 2.75) is 12.3 Å². The number of carbonyl (C=O) groups excluding carboxylic acids is 1. The number of rotatable bonds is 2. The summed E-state index contributed by atoms with van der Waals surface area (Å²) in [5, 5.41) is 0.152. The van der Waals surface area contributed by atoms with Crippen LogP contribution in [0.2, 0.25) is 0 Å². The van der Waals surface area contributed by atoms with Crippen LogP contribution in [0.15, 0.2) is 42.7 Å². The third-order valence-corrected chi connectivity index (χ3v) is 4.76. The zero-order valence-electron chi connectivity index (χ0n) is 11.0. The van der Waals surface area contributed by atoms with Crippen LogP contribution in [0.5, 0.6) is 0 Å². The molecule has 1 atom stereocenters. The van der Waals surface area contributed by atoms with E-state index in [9.17, 15) is 4.79 Å². The Balaban J connectivity index is 1.87. The number of aromatic nitrogens is 1. The first-order valence-corrected chi connectivity index (χ1v) is 7.32. The zero-order valence-corrected chi connectivity index (χ0v) is 11.9. The molecule has 0 spiro atoms. The average molecular weight is 272 g/mol. The van der Waals surface area contributed by atoms with E-state index in [0.29, 0.717) is 5.75 Å². The van der Waals surface area contributed by atoms with Gasteiger partial charge in [-0.1, -0.05) is 17.7 Å². The molecule has 3 nitrogen and oxygen atoms in total. The Labute approximate surface area is 117 Å². The Morgan fingerprint density at radius 1 is 1.21 bits per heavy atom. The van der Waals surface area contributed by atoms with E-state index in [0.717, 1.165) is 5.69 Å². The van der Waals surface area contributed by atoms with Gasteiger partial charge in [-0.3, -0.25) is 4.79 Å². The van der Waals surface area contributed by atoms with Crippen molar-refractivity contribution in [2.75, 3.05) is 12.8 Å². The lowest BCUT2D eigenvalue weighted by Crippen LogP contribution is -2.22. The van der Waals surface area contributed by atoms with E-state index in [1.807, 2.05) is 11.9 Å². The van der Waals surface area contributed by atoms with Gasteiger partial charge in [-0.2, -0.15) is 0 Å². The minimum atomic E-state index is 0.152. The third-order valence-electron chi connectivity index (χ3n) is 3.44. The maximum absolute atomic E-state index is 11.6. The summed E-state index contributed by atoms with van der Waals surface area (Å²) in [5.74, 6) is 0.787. The second-order valence-electron chi connectivity index (χ2n) is 4.86. The molecule has 4 heteroatoms. The van der Waals surface area contributed by atoms with Gasteiger partial charge < -0.3 is 9.47 Å². The molecule has 0 N–H and O–H groups in total. The van der Waals surface area contributed by atoms with Crippen molar-refractivity contribution in [3.05, 3.63) is 53.9 Å². The van der Waals surface area contributed by atoms with Crippen LogP contribution in [0, 0.1) is 6.92 Å². The summed E-state index contributed by atoms with van der Waals surface area (Å²) < 4.78 is 2.10. The predicted octanol–water partition coefficient (Wildman–Crippen LogP) is 2.99. The van der Waals surface area contributed by atoms with Crippen LogP contribution < -0.4 is 0 Å². The number of benzene rings is 1. The Bertz CT molecular complexity index is 603. The van der Waals surface area contributed by atoms with Gasteiger partial charge in [0.2, 0.25) is 5.91 Å². The van der Waals surface area contributed by atoms with Crippen LogP contribution in [-0.4, -0.2) is 28.2 Å². The maximum atomic E-state index is 11.6. The minimum absolute atomic E-state index is 0.152. The summed E-state index contributed by atoms with van der Waals surface area (Å²) in [7, 11) is 1.87. The molecule has 0 radical (unpaired) electrons. The lowest BCUT2D eigenvalue weighted by atomic mass is 10.2. The van der Waals surface area contributed by atoms with Crippen molar-refractivity contribution in [3.63, 3.8) is 0 Å². The molecule has 1 aromatic heterocycles. The predicted molar refractivity (Wildman–Crippen MR) is 78.5 cm³/mol. The molecule has 0 saturated carbocycles. The van der Waals surface area contributed by atoms with Crippen LogP contribution in [0.3, 0.4) is 0 Å². The van der Waals surface area contributed by atoms with Crippen molar-refractivity contribution >= 4 is 17.7 Å². The van der Waals surface area contributed by atoms with Crippen molar-refractivity contribution in [1.82, 2.24) is 9.47 Å². The van der Waals surface area contributed by atoms with Gasteiger partial charge in [0.25, 0.3) is 0 Å². The molecule has 98 valence electrons. The fourth-order valence-corrected chi connectivity index (χ4v) is 3.43. The van der Waals surface area contributed by atoms with Crippen LogP contribution in [0.25, 0.3) is 5.69 Å². The van der Waals surface area contributed by atoms with Crippen molar-refractivity contribution in [3.8, 4) is 5.69 Å². The minimum Gasteiger partial charge on any atom is -0.329 e. The van der Waals surface area contributed by atoms with Crippen molar-refractivity contribution < 1.29 is 4.79 Å². The van der Waals surface area contributed by atoms with Gasteiger partial charge in [-0.25, -0.2) is 0 Å². The number of hydrogen-bond donors (Lipinski definition) is 0.